The van der Waals surface area contributed by atoms with Gasteiger partial charge in [0.25, 0.3) is 0 Å². The number of likely N-dealkylation sites (N-methyl/N-ethyl adjacent to an activating group) is 1. The van der Waals surface area contributed by atoms with Crippen molar-refractivity contribution in [2.24, 2.45) is 0 Å². The maximum atomic E-state index is 12.9. The van der Waals surface area contributed by atoms with Crippen LogP contribution >= 0.6 is 0 Å². The highest BCUT2D eigenvalue weighted by Gasteiger charge is 2.22. The maximum absolute atomic E-state index is 12.9. The molecule has 0 aliphatic rings. The topological polar surface area (TPSA) is 111 Å². The van der Waals surface area contributed by atoms with E-state index in [1.807, 2.05) is 21.1 Å². The van der Waals surface area contributed by atoms with E-state index in [4.69, 9.17) is 18.9 Å². The molecule has 0 aliphatic heterocycles. The van der Waals surface area contributed by atoms with Gasteiger partial charge in [-0.1, -0.05) is 254 Å². The number of carboxylic acids is 1. The van der Waals surface area contributed by atoms with Crippen LogP contribution in [0.25, 0.3) is 0 Å². The number of carbonyl (C=O) groups excluding carboxylic acids is 3. The van der Waals surface area contributed by atoms with E-state index >= 15 is 0 Å². The van der Waals surface area contributed by atoms with E-state index in [1.165, 1.54) is 161 Å². The molecule has 0 amide bonds. The predicted molar refractivity (Wildman–Crippen MR) is 320 cm³/mol. The molecule has 0 spiro atoms. The fraction of sp³-hybridized carbons (Fsp3) is 0.776. The van der Waals surface area contributed by atoms with Gasteiger partial charge in [-0.05, 0) is 83.5 Å². The van der Waals surface area contributed by atoms with Crippen molar-refractivity contribution in [3.63, 3.8) is 0 Å². The number of rotatable bonds is 58. The Morgan fingerprint density at radius 3 is 1.13 bits per heavy atom. The number of esters is 2. The number of ether oxygens (including phenoxy) is 4. The van der Waals surface area contributed by atoms with Crippen molar-refractivity contribution >= 4 is 17.9 Å². The monoisotopic (exact) mass is 1070 g/mol. The molecule has 0 heterocycles. The molecule has 440 valence electrons. The van der Waals surface area contributed by atoms with E-state index in [2.05, 4.69) is 86.8 Å². The van der Waals surface area contributed by atoms with Crippen molar-refractivity contribution in [1.82, 2.24) is 0 Å². The van der Waals surface area contributed by atoms with Crippen LogP contribution in [0, 0.1) is 0 Å². The van der Waals surface area contributed by atoms with Crippen LogP contribution in [-0.2, 0) is 33.3 Å². The summed E-state index contributed by atoms with van der Waals surface area (Å²) in [6.45, 7) is 4.63. The van der Waals surface area contributed by atoms with Crippen molar-refractivity contribution < 1.29 is 42.9 Å². The van der Waals surface area contributed by atoms with Crippen molar-refractivity contribution in [2.75, 3.05) is 47.5 Å². The number of nitrogens with zero attached hydrogens (tertiary/aromatic N) is 1. The molecule has 9 heteroatoms. The first kappa shape index (κ1) is 72.7. The van der Waals surface area contributed by atoms with Crippen molar-refractivity contribution in [1.29, 1.82) is 0 Å². The summed E-state index contributed by atoms with van der Waals surface area (Å²) < 4.78 is 22.7. The van der Waals surface area contributed by atoms with Gasteiger partial charge in [0.1, 0.15) is 13.2 Å². The zero-order valence-electron chi connectivity index (χ0n) is 50.1. The normalized spacial score (nSPS) is 13.2. The Balaban J connectivity index is 4.01. The molecule has 2 atom stereocenters. The number of quaternary nitrogens is 1. The number of carboxylic acid groups (broad SMARTS) is 1. The average Bonchev–Trinajstić information content (AvgIpc) is 3.39. The Morgan fingerprint density at radius 2 is 0.750 bits per heavy atom. The Hall–Kier alpha value is -3.27. The second kappa shape index (κ2) is 57.9. The summed E-state index contributed by atoms with van der Waals surface area (Å²) >= 11 is 0. The molecule has 0 saturated carbocycles. The largest absolute Gasteiger partial charge is 0.545 e. The first-order valence-electron chi connectivity index (χ1n) is 31.6. The van der Waals surface area contributed by atoms with Crippen LogP contribution in [0.2, 0.25) is 0 Å². The van der Waals surface area contributed by atoms with E-state index in [0.717, 1.165) is 83.5 Å². The molecule has 2 unspecified atom stereocenters. The molecular weight excluding hydrogens is 947 g/mol. The molecular formula is C67H119NO8. The number of hydrogen-bond donors (Lipinski definition) is 0. The lowest BCUT2D eigenvalue weighted by molar-refractivity contribution is -0.870. The third-order valence-electron chi connectivity index (χ3n) is 13.7. The van der Waals surface area contributed by atoms with Crippen LogP contribution in [0.4, 0.5) is 0 Å². The molecule has 0 aliphatic carbocycles. The first-order valence-corrected chi connectivity index (χ1v) is 31.6. The number of aliphatic carboxylic acids is 1. The van der Waals surface area contributed by atoms with Gasteiger partial charge in [-0.15, -0.1) is 0 Å². The van der Waals surface area contributed by atoms with E-state index < -0.39 is 24.3 Å². The predicted octanol–water partition coefficient (Wildman–Crippen LogP) is 17.6. The molecule has 0 saturated heterocycles. The summed E-state index contributed by atoms with van der Waals surface area (Å²) in [4.78, 5) is 37.3. The van der Waals surface area contributed by atoms with Crippen LogP contribution < -0.4 is 5.11 Å². The molecule has 76 heavy (non-hydrogen) atoms. The third kappa shape index (κ3) is 58.4. The second-order valence-corrected chi connectivity index (χ2v) is 22.3. The Labute approximate surface area is 468 Å². The fourth-order valence-corrected chi connectivity index (χ4v) is 8.85. The zero-order chi connectivity index (χ0) is 55.5. The lowest BCUT2D eigenvalue weighted by Gasteiger charge is -2.26. The Kier molecular flexibility index (Phi) is 55.4. The molecule has 0 aromatic carbocycles. The molecule has 9 nitrogen and oxygen atoms in total. The van der Waals surface area contributed by atoms with Gasteiger partial charge in [0.05, 0.1) is 40.3 Å². The lowest BCUT2D eigenvalue weighted by atomic mass is 10.0. The molecule has 0 rings (SSSR count). The van der Waals surface area contributed by atoms with Crippen molar-refractivity contribution in [3.8, 4) is 0 Å². The minimum Gasteiger partial charge on any atom is -0.545 e. The first-order chi connectivity index (χ1) is 37.1. The van der Waals surface area contributed by atoms with Gasteiger partial charge in [0.15, 0.2) is 12.4 Å². The standard InChI is InChI=1S/C67H119NO8/c1-6-8-10-12-14-16-18-20-22-23-24-25-26-27-28-29-30-31-32-33-34-35-36-37-38-39-40-41-42-43-44-46-48-50-52-54-56-58-65(70)76-63(62-75-67(66(71)72)73-60-59-68(3,4)5)61-74-64(69)57-55-53-51-49-47-45-21-19-17-15-13-11-9-7-2/h8,10,14,16,19-22,24-25,27-28,63,67H,6-7,9,11-13,15,17-18,23,26,29-62H2,1-5H3/b10-8-,16-14-,21-19-,22-20-,25-24-,28-27-. The summed E-state index contributed by atoms with van der Waals surface area (Å²) in [5, 5.41) is 11.8. The van der Waals surface area contributed by atoms with Crippen molar-refractivity contribution in [2.45, 2.75) is 289 Å². The smallest absolute Gasteiger partial charge is 0.306 e. The lowest BCUT2D eigenvalue weighted by Crippen LogP contribution is -2.44. The Bertz CT molecular complexity index is 1470. The van der Waals surface area contributed by atoms with E-state index in [0.29, 0.717) is 17.4 Å². The van der Waals surface area contributed by atoms with Gasteiger partial charge >= 0.3 is 11.9 Å². The van der Waals surface area contributed by atoms with Crippen LogP contribution in [0.3, 0.4) is 0 Å². The van der Waals surface area contributed by atoms with Gasteiger partial charge < -0.3 is 33.3 Å². The van der Waals surface area contributed by atoms with Gasteiger partial charge in [0, 0.05) is 12.8 Å². The van der Waals surface area contributed by atoms with Gasteiger partial charge in [-0.2, -0.15) is 0 Å². The van der Waals surface area contributed by atoms with E-state index in [-0.39, 0.29) is 38.6 Å². The number of hydrogen-bond acceptors (Lipinski definition) is 8. The van der Waals surface area contributed by atoms with Crippen molar-refractivity contribution in [3.05, 3.63) is 72.9 Å². The third-order valence-corrected chi connectivity index (χ3v) is 13.7. The number of unbranched alkanes of at least 4 members (excludes halogenated alkanes) is 31. The van der Waals surface area contributed by atoms with Crippen LogP contribution in [0.1, 0.15) is 277 Å². The van der Waals surface area contributed by atoms with Crippen LogP contribution in [-0.4, -0.2) is 82.3 Å². The average molecular weight is 1070 g/mol. The molecule has 0 fully saturated rings. The quantitative estimate of drug-likeness (QED) is 0.0195. The van der Waals surface area contributed by atoms with Gasteiger partial charge in [-0.25, -0.2) is 0 Å². The van der Waals surface area contributed by atoms with Gasteiger partial charge in [0.2, 0.25) is 0 Å². The second-order valence-electron chi connectivity index (χ2n) is 22.3. The summed E-state index contributed by atoms with van der Waals surface area (Å²) in [5.41, 5.74) is 0. The Morgan fingerprint density at radius 1 is 0.408 bits per heavy atom. The number of carbonyl (C=O) groups is 3. The van der Waals surface area contributed by atoms with E-state index in [1.54, 1.807) is 0 Å². The summed E-state index contributed by atoms with van der Waals surface area (Å²) in [5.74, 6) is -2.28. The molecule has 0 aromatic heterocycles. The maximum Gasteiger partial charge on any atom is 0.306 e. The summed E-state index contributed by atoms with van der Waals surface area (Å²) in [7, 11) is 5.92. The van der Waals surface area contributed by atoms with E-state index in [9.17, 15) is 19.5 Å². The molecule has 0 N–H and O–H groups in total. The van der Waals surface area contributed by atoms with Crippen LogP contribution in [0.5, 0.6) is 0 Å². The molecule has 0 bridgehead atoms. The minimum absolute atomic E-state index is 0.147. The minimum atomic E-state index is -1.62. The zero-order valence-corrected chi connectivity index (χ0v) is 50.1. The highest BCUT2D eigenvalue weighted by Crippen LogP contribution is 2.17. The van der Waals surface area contributed by atoms with Crippen LogP contribution in [0.15, 0.2) is 72.9 Å². The SMILES string of the molecule is CC/C=C\C/C=C\C/C=C\C/C=C\C/C=C\CCCCCCCCCCCCCCCCCCCCCCCC(=O)OC(COC(=O)CCCCCCC/C=C\CCCCCCC)COC(OCC[N+](C)(C)C)C(=O)[O-]. The summed E-state index contributed by atoms with van der Waals surface area (Å²) in [6.07, 6.45) is 72.7. The fourth-order valence-electron chi connectivity index (χ4n) is 8.85. The summed E-state index contributed by atoms with van der Waals surface area (Å²) in [6, 6.07) is 0. The van der Waals surface area contributed by atoms with Gasteiger partial charge in [-0.3, -0.25) is 9.59 Å². The highest BCUT2D eigenvalue weighted by molar-refractivity contribution is 5.70. The number of allylic oxidation sites excluding steroid dienone is 12. The molecule has 0 aromatic rings. The highest BCUT2D eigenvalue weighted by atomic mass is 16.7. The molecule has 0 radical (unpaired) electrons.